The Hall–Kier alpha value is -3.72. The number of aliphatic hydroxyl groups is 1. The fourth-order valence-corrected chi connectivity index (χ4v) is 5.68. The van der Waals surface area contributed by atoms with Crippen molar-refractivity contribution in [2.24, 2.45) is 0 Å². The number of ether oxygens (including phenoxy) is 1. The molecule has 0 saturated carbocycles. The molecule has 1 aromatic heterocycles. The molecule has 0 bridgehead atoms. The van der Waals surface area contributed by atoms with Crippen LogP contribution in [0.15, 0.2) is 73.1 Å². The monoisotopic (exact) mass is 539 g/mol. The smallest absolute Gasteiger partial charge is 0.242 e. The van der Waals surface area contributed by atoms with Crippen molar-refractivity contribution < 1.29 is 14.6 Å². The molecule has 0 aliphatic carbocycles. The van der Waals surface area contributed by atoms with Gasteiger partial charge in [-0.3, -0.25) is 9.69 Å². The molecule has 3 heterocycles. The lowest BCUT2D eigenvalue weighted by Gasteiger charge is -2.32. The van der Waals surface area contributed by atoms with Crippen LogP contribution in [0.4, 0.5) is 0 Å². The van der Waals surface area contributed by atoms with Crippen LogP contribution in [0.2, 0.25) is 0 Å². The molecule has 2 aliphatic heterocycles. The van der Waals surface area contributed by atoms with Crippen LogP contribution in [-0.4, -0.2) is 94.3 Å². The average molecular weight is 540 g/mol. The number of rotatable bonds is 8. The summed E-state index contributed by atoms with van der Waals surface area (Å²) in [5.41, 5.74) is 6.59. The maximum Gasteiger partial charge on any atom is 0.242 e. The molecular weight excluding hydrogens is 502 g/mol. The van der Waals surface area contributed by atoms with Gasteiger partial charge in [-0.2, -0.15) is 0 Å². The standard InChI is InChI=1S/C32H37N5O3/c1-34-13-15-36(16-14-34)32(39)21-37-23-33-30-10-9-26(18-31(30)37)25-7-4-8-29(17-25)40-22-28(38)20-35-12-11-24-5-2-3-6-27(24)19-35/h2-10,17-18,23,28,38H,11-16,19-22H2,1H3. The van der Waals surface area contributed by atoms with Gasteiger partial charge in [0.25, 0.3) is 0 Å². The van der Waals surface area contributed by atoms with Gasteiger partial charge in [-0.15, -0.1) is 0 Å². The Morgan fingerprint density at radius 1 is 0.950 bits per heavy atom. The van der Waals surface area contributed by atoms with E-state index in [-0.39, 0.29) is 19.1 Å². The van der Waals surface area contributed by atoms with E-state index in [1.165, 1.54) is 11.1 Å². The van der Waals surface area contributed by atoms with Crippen LogP contribution >= 0.6 is 0 Å². The van der Waals surface area contributed by atoms with Crippen LogP contribution in [0.25, 0.3) is 22.2 Å². The number of hydrogen-bond acceptors (Lipinski definition) is 6. The Bertz CT molecular complexity index is 1480. The highest BCUT2D eigenvalue weighted by molar-refractivity contribution is 5.84. The van der Waals surface area contributed by atoms with Crippen LogP contribution in [0, 0.1) is 0 Å². The molecule has 1 unspecified atom stereocenters. The van der Waals surface area contributed by atoms with Gasteiger partial charge in [-0.25, -0.2) is 4.98 Å². The number of amides is 1. The average Bonchev–Trinajstić information content (AvgIpc) is 3.38. The Kier molecular flexibility index (Phi) is 7.82. The summed E-state index contributed by atoms with van der Waals surface area (Å²) in [4.78, 5) is 23.9. The number of nitrogens with zero attached hydrogens (tertiary/aromatic N) is 5. The highest BCUT2D eigenvalue weighted by Crippen LogP contribution is 2.27. The molecule has 40 heavy (non-hydrogen) atoms. The van der Waals surface area contributed by atoms with Crippen molar-refractivity contribution in [2.75, 3.05) is 52.9 Å². The van der Waals surface area contributed by atoms with Crippen LogP contribution in [0.3, 0.4) is 0 Å². The van der Waals surface area contributed by atoms with Crippen molar-refractivity contribution in [1.29, 1.82) is 0 Å². The normalized spacial score (nSPS) is 17.1. The zero-order valence-corrected chi connectivity index (χ0v) is 23.1. The first-order valence-corrected chi connectivity index (χ1v) is 14.1. The molecule has 4 aromatic rings. The van der Waals surface area contributed by atoms with Gasteiger partial charge in [0, 0.05) is 45.8 Å². The zero-order chi connectivity index (χ0) is 27.5. The lowest BCUT2D eigenvalue weighted by molar-refractivity contribution is -0.133. The maximum atomic E-state index is 12.9. The van der Waals surface area contributed by atoms with Gasteiger partial charge in [-0.05, 0) is 60.0 Å². The molecule has 8 nitrogen and oxygen atoms in total. The minimum atomic E-state index is -0.572. The topological polar surface area (TPSA) is 74.1 Å². The zero-order valence-electron chi connectivity index (χ0n) is 23.1. The lowest BCUT2D eigenvalue weighted by atomic mass is 10.00. The molecule has 1 fully saturated rings. The van der Waals surface area contributed by atoms with Gasteiger partial charge in [0.05, 0.1) is 17.4 Å². The summed E-state index contributed by atoms with van der Waals surface area (Å²) < 4.78 is 7.96. The van der Waals surface area contributed by atoms with Crippen molar-refractivity contribution in [3.8, 4) is 16.9 Å². The van der Waals surface area contributed by atoms with E-state index in [2.05, 4.69) is 52.2 Å². The fraction of sp³-hybridized carbons (Fsp3) is 0.375. The van der Waals surface area contributed by atoms with Crippen molar-refractivity contribution in [3.63, 3.8) is 0 Å². The first-order valence-electron chi connectivity index (χ1n) is 14.1. The molecule has 0 spiro atoms. The third-order valence-electron chi connectivity index (χ3n) is 8.07. The van der Waals surface area contributed by atoms with Gasteiger partial charge in [0.15, 0.2) is 0 Å². The Morgan fingerprint density at radius 3 is 2.60 bits per heavy atom. The van der Waals surface area contributed by atoms with Crippen LogP contribution in [0.1, 0.15) is 11.1 Å². The Labute approximate surface area is 235 Å². The summed E-state index contributed by atoms with van der Waals surface area (Å²) >= 11 is 0. The second-order valence-electron chi connectivity index (χ2n) is 11.0. The molecule has 6 rings (SSSR count). The van der Waals surface area contributed by atoms with E-state index in [9.17, 15) is 9.90 Å². The maximum absolute atomic E-state index is 12.9. The number of fused-ring (bicyclic) bond motifs is 2. The largest absolute Gasteiger partial charge is 0.491 e. The molecular formula is C32H37N5O3. The number of imidazole rings is 1. The summed E-state index contributed by atoms with van der Waals surface area (Å²) in [5.74, 6) is 0.847. The number of hydrogen-bond donors (Lipinski definition) is 1. The van der Waals surface area contributed by atoms with Crippen molar-refractivity contribution in [1.82, 2.24) is 24.3 Å². The third-order valence-corrected chi connectivity index (χ3v) is 8.07. The number of carbonyl (C=O) groups is 1. The van der Waals surface area contributed by atoms with Gasteiger partial charge in [-0.1, -0.05) is 42.5 Å². The number of aliphatic hydroxyl groups excluding tert-OH is 1. The molecule has 0 radical (unpaired) electrons. The summed E-state index contributed by atoms with van der Waals surface area (Å²) in [6.07, 6.45) is 2.20. The summed E-state index contributed by atoms with van der Waals surface area (Å²) in [5, 5.41) is 10.7. The van der Waals surface area contributed by atoms with Gasteiger partial charge in [0.2, 0.25) is 5.91 Å². The second kappa shape index (κ2) is 11.8. The van der Waals surface area contributed by atoms with Gasteiger partial charge >= 0.3 is 0 Å². The van der Waals surface area contributed by atoms with E-state index in [4.69, 9.17) is 4.74 Å². The summed E-state index contributed by atoms with van der Waals surface area (Å²) in [6.45, 7) is 6.26. The number of carbonyl (C=O) groups excluding carboxylic acids is 1. The quantitative estimate of drug-likeness (QED) is 0.371. The molecule has 8 heteroatoms. The summed E-state index contributed by atoms with van der Waals surface area (Å²) in [7, 11) is 2.09. The molecule has 1 amide bonds. The van der Waals surface area contributed by atoms with Gasteiger partial charge in [0.1, 0.15) is 25.0 Å². The highest BCUT2D eigenvalue weighted by Gasteiger charge is 2.21. The molecule has 2 aliphatic rings. The van der Waals surface area contributed by atoms with E-state index >= 15 is 0 Å². The van der Waals surface area contributed by atoms with Crippen molar-refractivity contribution in [2.45, 2.75) is 25.6 Å². The number of piperazine rings is 1. The molecule has 3 aromatic carbocycles. The minimum Gasteiger partial charge on any atom is -0.491 e. The van der Waals surface area contributed by atoms with E-state index in [1.54, 1.807) is 6.33 Å². The van der Waals surface area contributed by atoms with Crippen molar-refractivity contribution in [3.05, 3.63) is 84.2 Å². The number of β-amino-alcohol motifs (C(OH)–C–C–N with tert-alkyl or cyclic N) is 1. The van der Waals surface area contributed by atoms with E-state index in [0.717, 1.165) is 73.6 Å². The number of likely N-dealkylation sites (N-methyl/N-ethyl adjacent to an activating group) is 1. The van der Waals surface area contributed by atoms with E-state index in [0.29, 0.717) is 6.54 Å². The fourth-order valence-electron chi connectivity index (χ4n) is 5.68. The van der Waals surface area contributed by atoms with Crippen LogP contribution in [-0.2, 0) is 24.3 Å². The molecule has 1 atom stereocenters. The van der Waals surface area contributed by atoms with E-state index < -0.39 is 6.10 Å². The first kappa shape index (κ1) is 26.5. The lowest BCUT2D eigenvalue weighted by Crippen LogP contribution is -2.48. The number of benzene rings is 3. The highest BCUT2D eigenvalue weighted by atomic mass is 16.5. The number of aromatic nitrogens is 2. The molecule has 1 N–H and O–H groups in total. The van der Waals surface area contributed by atoms with Crippen molar-refractivity contribution >= 4 is 16.9 Å². The first-order chi connectivity index (χ1) is 19.5. The molecule has 208 valence electrons. The summed E-state index contributed by atoms with van der Waals surface area (Å²) in [6, 6.07) is 22.6. The second-order valence-corrected chi connectivity index (χ2v) is 11.0. The predicted octanol–water partition coefficient (Wildman–Crippen LogP) is 3.28. The van der Waals surface area contributed by atoms with Gasteiger partial charge < -0.3 is 24.2 Å². The third kappa shape index (κ3) is 6.04. The predicted molar refractivity (Wildman–Crippen MR) is 156 cm³/mol. The van der Waals surface area contributed by atoms with Crippen LogP contribution < -0.4 is 4.74 Å². The minimum absolute atomic E-state index is 0.125. The van der Waals surface area contributed by atoms with Crippen LogP contribution in [0.5, 0.6) is 5.75 Å². The SMILES string of the molecule is CN1CCN(C(=O)Cn2cnc3ccc(-c4cccc(OCC(O)CN5CCc6ccccc6C5)c4)cc32)CC1. The Morgan fingerprint density at radius 2 is 1.75 bits per heavy atom. The molecule has 1 saturated heterocycles. The Balaban J connectivity index is 1.08. The van der Waals surface area contributed by atoms with E-state index in [1.807, 2.05) is 45.9 Å².